The van der Waals surface area contributed by atoms with Crippen LogP contribution in [0.2, 0.25) is 5.28 Å². The van der Waals surface area contributed by atoms with Crippen LogP contribution < -0.4 is 10.6 Å². The minimum atomic E-state index is -1.20. The van der Waals surface area contributed by atoms with Crippen molar-refractivity contribution in [1.29, 1.82) is 0 Å². The van der Waals surface area contributed by atoms with Gasteiger partial charge in [0.2, 0.25) is 17.2 Å². The molecular weight excluding hydrogens is 340 g/mol. The highest BCUT2D eigenvalue weighted by Gasteiger charge is 2.50. The summed E-state index contributed by atoms with van der Waals surface area (Å²) in [5.74, 6) is -0.687. The first kappa shape index (κ1) is 16.5. The number of carbonyl (C=O) groups is 2. The smallest absolute Gasteiger partial charge is 0.408 e. The fourth-order valence-electron chi connectivity index (χ4n) is 3.52. The van der Waals surface area contributed by atoms with Crippen molar-refractivity contribution in [3.8, 4) is 0 Å². The predicted molar refractivity (Wildman–Crippen MR) is 83.9 cm³/mol. The first-order valence-electron chi connectivity index (χ1n) is 7.44. The number of aliphatic carboxylic acids is 1. The van der Waals surface area contributed by atoms with Crippen LogP contribution in [0.4, 0.5) is 16.7 Å². The Hall–Kier alpha value is -2.36. The number of carboxylic acids is 1. The fourth-order valence-corrected chi connectivity index (χ4v) is 3.68. The first-order chi connectivity index (χ1) is 11.3. The number of amides is 1. The topological polar surface area (TPSA) is 146 Å². The molecule has 1 atom stereocenters. The summed E-state index contributed by atoms with van der Waals surface area (Å²) in [7, 11) is 0. The highest BCUT2D eigenvalue weighted by Crippen LogP contribution is 2.43. The predicted octanol–water partition coefficient (Wildman–Crippen LogP) is 0.531. The van der Waals surface area contributed by atoms with E-state index in [0.29, 0.717) is 38.3 Å². The lowest BCUT2D eigenvalue weighted by Crippen LogP contribution is -2.43. The molecule has 1 amide bonds. The van der Waals surface area contributed by atoms with Crippen LogP contribution in [0.25, 0.3) is 0 Å². The van der Waals surface area contributed by atoms with E-state index in [1.807, 2.05) is 4.90 Å². The number of hydrogen-bond acceptors (Lipinski definition) is 7. The van der Waals surface area contributed by atoms with Crippen LogP contribution in [-0.4, -0.2) is 67.8 Å². The number of piperidine rings is 1. The quantitative estimate of drug-likeness (QED) is 0.690. The molecule has 0 radical (unpaired) electrons. The highest BCUT2D eigenvalue weighted by atomic mass is 35.5. The number of nitrogens with two attached hydrogens (primary N) is 1. The summed E-state index contributed by atoms with van der Waals surface area (Å²) in [6, 6.07) is -0.990. The zero-order chi connectivity index (χ0) is 17.5. The van der Waals surface area contributed by atoms with Crippen LogP contribution in [-0.2, 0) is 4.79 Å². The molecule has 0 bridgehead atoms. The second-order valence-electron chi connectivity index (χ2n) is 6.22. The van der Waals surface area contributed by atoms with E-state index in [0.717, 1.165) is 4.90 Å². The summed E-state index contributed by atoms with van der Waals surface area (Å²) >= 11 is 5.79. The van der Waals surface area contributed by atoms with Crippen LogP contribution in [0.1, 0.15) is 19.3 Å². The van der Waals surface area contributed by atoms with E-state index in [4.69, 9.17) is 17.3 Å². The summed E-state index contributed by atoms with van der Waals surface area (Å²) < 4.78 is 0. The molecule has 1 unspecified atom stereocenters. The number of likely N-dealkylation sites (tertiary alicyclic amines) is 1. The lowest BCUT2D eigenvalue weighted by atomic mass is 9.76. The van der Waals surface area contributed by atoms with Gasteiger partial charge in [-0.25, -0.2) is 9.59 Å². The molecule has 1 aromatic heterocycles. The third kappa shape index (κ3) is 3.01. The number of anilines is 2. The Morgan fingerprint density at radius 2 is 1.88 bits per heavy atom. The van der Waals surface area contributed by atoms with Gasteiger partial charge in [-0.15, -0.1) is 0 Å². The van der Waals surface area contributed by atoms with Crippen LogP contribution >= 0.6 is 11.6 Å². The first-order valence-corrected chi connectivity index (χ1v) is 7.82. The van der Waals surface area contributed by atoms with Gasteiger partial charge in [0, 0.05) is 19.6 Å². The van der Waals surface area contributed by atoms with Crippen molar-refractivity contribution in [2.75, 3.05) is 30.3 Å². The van der Waals surface area contributed by atoms with E-state index < -0.39 is 18.1 Å². The van der Waals surface area contributed by atoms with Gasteiger partial charge in [-0.05, 0) is 36.3 Å². The standard InChI is InChI=1S/C13H17ClN6O4/c14-9-16-10(15)18-11(17-9)19-3-1-13(2-4-19)5-7(8(21)22)20(6-13)12(23)24/h7H,1-6H2,(H,21,22)(H,23,24)(H2,15,16,17,18). The molecule has 10 nitrogen and oxygen atoms in total. The fraction of sp³-hybridized carbons (Fsp3) is 0.615. The maximum Gasteiger partial charge on any atom is 0.408 e. The van der Waals surface area contributed by atoms with E-state index in [1.165, 1.54) is 0 Å². The molecule has 3 rings (SSSR count). The van der Waals surface area contributed by atoms with Crippen LogP contribution in [0.3, 0.4) is 0 Å². The summed E-state index contributed by atoms with van der Waals surface area (Å²) in [5.41, 5.74) is 5.24. The molecule has 0 aromatic carbocycles. The summed E-state index contributed by atoms with van der Waals surface area (Å²) in [5, 5.41) is 18.5. The Bertz CT molecular complexity index is 634. The SMILES string of the molecule is Nc1nc(Cl)nc(N2CCC3(CC2)CC(C(=O)O)N(C(=O)O)C3)n1. The highest BCUT2D eigenvalue weighted by molar-refractivity contribution is 6.28. The molecule has 2 saturated heterocycles. The van der Waals surface area contributed by atoms with Gasteiger partial charge in [0.25, 0.3) is 0 Å². The van der Waals surface area contributed by atoms with Gasteiger partial charge in [-0.3, -0.25) is 4.90 Å². The lowest BCUT2D eigenvalue weighted by Gasteiger charge is -2.38. The van der Waals surface area contributed by atoms with Crippen LogP contribution in [0.5, 0.6) is 0 Å². The van der Waals surface area contributed by atoms with Gasteiger partial charge in [-0.1, -0.05) is 0 Å². The molecule has 11 heteroatoms. The minimum Gasteiger partial charge on any atom is -0.480 e. The van der Waals surface area contributed by atoms with Crippen molar-refractivity contribution in [3.63, 3.8) is 0 Å². The van der Waals surface area contributed by atoms with E-state index in [1.54, 1.807) is 0 Å². The number of aromatic nitrogens is 3. The van der Waals surface area contributed by atoms with Crippen molar-refractivity contribution in [2.24, 2.45) is 5.41 Å². The summed E-state index contributed by atoms with van der Waals surface area (Å²) in [4.78, 5) is 37.4. The van der Waals surface area contributed by atoms with Crippen LogP contribution in [0.15, 0.2) is 0 Å². The molecule has 4 N–H and O–H groups in total. The average Bonchev–Trinajstić information content (AvgIpc) is 2.87. The third-order valence-corrected chi connectivity index (χ3v) is 4.93. The van der Waals surface area contributed by atoms with Gasteiger partial charge in [0.15, 0.2) is 0 Å². The normalized spacial score (nSPS) is 22.8. The average molecular weight is 357 g/mol. The Balaban J connectivity index is 1.72. The Morgan fingerprint density at radius 1 is 1.21 bits per heavy atom. The number of carboxylic acid groups (broad SMARTS) is 2. The maximum absolute atomic E-state index is 11.3. The van der Waals surface area contributed by atoms with Gasteiger partial charge in [0.05, 0.1) is 0 Å². The number of hydrogen-bond donors (Lipinski definition) is 3. The molecule has 0 aliphatic carbocycles. The third-order valence-electron chi connectivity index (χ3n) is 4.76. The molecule has 24 heavy (non-hydrogen) atoms. The molecule has 1 aromatic rings. The van der Waals surface area contributed by atoms with Crippen molar-refractivity contribution >= 4 is 35.6 Å². The minimum absolute atomic E-state index is 0.0154. The molecule has 3 heterocycles. The molecule has 1 spiro atoms. The van der Waals surface area contributed by atoms with Gasteiger partial charge in [0.1, 0.15) is 6.04 Å². The Morgan fingerprint density at radius 3 is 2.38 bits per heavy atom. The molecule has 130 valence electrons. The van der Waals surface area contributed by atoms with Gasteiger partial charge < -0.3 is 20.8 Å². The largest absolute Gasteiger partial charge is 0.480 e. The monoisotopic (exact) mass is 356 g/mol. The van der Waals surface area contributed by atoms with Gasteiger partial charge >= 0.3 is 12.1 Å². The molecular formula is C13H17ClN6O4. The van der Waals surface area contributed by atoms with Gasteiger partial charge in [-0.2, -0.15) is 15.0 Å². The zero-order valence-electron chi connectivity index (χ0n) is 12.7. The number of nitrogen functional groups attached to an aromatic ring is 1. The zero-order valence-corrected chi connectivity index (χ0v) is 13.5. The van der Waals surface area contributed by atoms with E-state index >= 15 is 0 Å². The summed E-state index contributed by atoms with van der Waals surface area (Å²) in [6.07, 6.45) is 0.412. The van der Waals surface area contributed by atoms with E-state index in [-0.39, 0.29) is 23.2 Å². The van der Waals surface area contributed by atoms with Crippen molar-refractivity contribution < 1.29 is 19.8 Å². The van der Waals surface area contributed by atoms with Crippen molar-refractivity contribution in [2.45, 2.75) is 25.3 Å². The van der Waals surface area contributed by atoms with Crippen molar-refractivity contribution in [3.05, 3.63) is 5.28 Å². The Labute approximate surface area is 142 Å². The lowest BCUT2D eigenvalue weighted by molar-refractivity contribution is -0.141. The number of halogens is 1. The summed E-state index contributed by atoms with van der Waals surface area (Å²) in [6.45, 7) is 1.37. The maximum atomic E-state index is 11.3. The second kappa shape index (κ2) is 5.93. The molecule has 2 aliphatic heterocycles. The second-order valence-corrected chi connectivity index (χ2v) is 6.56. The number of rotatable bonds is 2. The number of nitrogens with zero attached hydrogens (tertiary/aromatic N) is 5. The van der Waals surface area contributed by atoms with E-state index in [2.05, 4.69) is 15.0 Å². The molecule has 2 aliphatic rings. The Kier molecular flexibility index (Phi) is 4.08. The van der Waals surface area contributed by atoms with E-state index in [9.17, 15) is 19.8 Å². The molecule has 2 fully saturated rings. The van der Waals surface area contributed by atoms with Crippen LogP contribution in [0, 0.1) is 5.41 Å². The molecule has 0 saturated carbocycles. The van der Waals surface area contributed by atoms with Crippen molar-refractivity contribution in [1.82, 2.24) is 19.9 Å².